The molecule has 1 nitrogen and oxygen atoms in total. The van der Waals surface area contributed by atoms with Crippen molar-refractivity contribution in [2.24, 2.45) is 5.73 Å². The average molecular weight is 313 g/mol. The third-order valence-corrected chi connectivity index (χ3v) is 2.10. The molecule has 92 valence electrons. The van der Waals surface area contributed by atoms with Gasteiger partial charge in [-0.25, -0.2) is 0 Å². The number of hydrogen-bond acceptors (Lipinski definition) is 2. The zero-order valence-electron chi connectivity index (χ0n) is 10.7. The fourth-order valence-corrected chi connectivity index (χ4v) is 1.31. The normalized spacial score (nSPS) is 8.62. The van der Waals surface area contributed by atoms with E-state index in [2.05, 4.69) is 44.4 Å². The fourth-order valence-electron chi connectivity index (χ4n) is 1.31. The van der Waals surface area contributed by atoms with Crippen molar-refractivity contribution in [1.82, 2.24) is 0 Å². The van der Waals surface area contributed by atoms with Crippen LogP contribution in [0.5, 0.6) is 0 Å². The largest absolute Gasteiger partial charge is 2.00 e. The Morgan fingerprint density at radius 1 is 1.06 bits per heavy atom. The Hall–Kier alpha value is 0.733. The minimum Gasteiger partial charge on any atom is -0.415 e. The topological polar surface area (TPSA) is 26.0 Å². The first kappa shape index (κ1) is 22.0. The van der Waals surface area contributed by atoms with Crippen molar-refractivity contribution < 1.29 is 19.5 Å². The van der Waals surface area contributed by atoms with Gasteiger partial charge in [-0.1, -0.05) is 62.6 Å². The van der Waals surface area contributed by atoms with Crippen LogP contribution in [0.25, 0.3) is 0 Å². The maximum Gasteiger partial charge on any atom is 2.00 e. The first-order valence-electron chi connectivity index (χ1n) is 5.90. The zero-order chi connectivity index (χ0) is 11.9. The predicted molar refractivity (Wildman–Crippen MR) is 76.7 cm³/mol. The monoisotopic (exact) mass is 311 g/mol. The van der Waals surface area contributed by atoms with Gasteiger partial charge >= 0.3 is 19.5 Å². The maximum atomic E-state index is 4.66. The van der Waals surface area contributed by atoms with Crippen LogP contribution in [0.1, 0.15) is 64.7 Å². The van der Waals surface area contributed by atoms with E-state index >= 15 is 0 Å². The molecule has 0 heterocycles. The number of nitrogens with two attached hydrogens (primary N) is 1. The quantitative estimate of drug-likeness (QED) is 0.240. The summed E-state index contributed by atoms with van der Waals surface area (Å²) in [6, 6.07) is 0. The van der Waals surface area contributed by atoms with Gasteiger partial charge in [-0.2, -0.15) is 6.42 Å². The number of rotatable bonds is 8. The van der Waals surface area contributed by atoms with Gasteiger partial charge in [0.2, 0.25) is 0 Å². The second-order valence-corrected chi connectivity index (χ2v) is 4.79. The smallest absolute Gasteiger partial charge is 0.415 e. The van der Waals surface area contributed by atoms with E-state index in [-0.39, 0.29) is 23.8 Å². The van der Waals surface area contributed by atoms with E-state index in [0.717, 1.165) is 6.42 Å². The molecule has 0 saturated carbocycles. The standard InChI is InChI=1S/C11H23.CH3NS2.Zn/c1-3-5-7-9-11-10-8-6-4-2;2-1(3)4;/h1,3-11H2,2H3;(H3,2,3,4);/q-1;;+2/p-1. The molecule has 0 atom stereocenters. The molecule has 0 saturated heterocycles. The summed E-state index contributed by atoms with van der Waals surface area (Å²) in [5.41, 5.74) is 4.66. The second kappa shape index (κ2) is 21.1. The summed E-state index contributed by atoms with van der Waals surface area (Å²) < 4.78 is 0.0833. The zero-order valence-corrected chi connectivity index (χ0v) is 15.3. The Kier molecular flexibility index (Phi) is 28.9. The van der Waals surface area contributed by atoms with Crippen LogP contribution in [0.15, 0.2) is 0 Å². The van der Waals surface area contributed by atoms with Gasteiger partial charge in [0.25, 0.3) is 0 Å². The van der Waals surface area contributed by atoms with Crippen molar-refractivity contribution in [3.63, 3.8) is 0 Å². The molecule has 0 radical (unpaired) electrons. The molecule has 0 amide bonds. The second-order valence-electron chi connectivity index (χ2n) is 3.65. The Labute approximate surface area is 125 Å². The molecule has 0 spiro atoms. The van der Waals surface area contributed by atoms with E-state index in [1.165, 1.54) is 51.4 Å². The van der Waals surface area contributed by atoms with E-state index in [4.69, 9.17) is 0 Å². The minimum atomic E-state index is 0. The van der Waals surface area contributed by atoms with Crippen LogP contribution in [-0.4, -0.2) is 4.32 Å². The first-order valence-corrected chi connectivity index (χ1v) is 6.72. The van der Waals surface area contributed by atoms with Gasteiger partial charge in [0, 0.05) is 0 Å². The summed E-state index contributed by atoms with van der Waals surface area (Å²) in [5, 5.41) is 0. The number of hydrogen-bond donors (Lipinski definition) is 1. The molecule has 0 aromatic rings. The predicted octanol–water partition coefficient (Wildman–Crippen LogP) is 4.13. The molecule has 0 aliphatic heterocycles. The molecule has 4 heteroatoms. The van der Waals surface area contributed by atoms with E-state index in [9.17, 15) is 0 Å². The third-order valence-electron chi connectivity index (χ3n) is 2.10. The van der Waals surface area contributed by atoms with Crippen LogP contribution in [0.2, 0.25) is 0 Å². The van der Waals surface area contributed by atoms with Crippen LogP contribution < -0.4 is 5.73 Å². The molecule has 0 aromatic carbocycles. The summed E-state index contributed by atoms with van der Waals surface area (Å²) in [6.07, 6.45) is 12.4. The van der Waals surface area contributed by atoms with Gasteiger partial charge in [-0.3, -0.25) is 0 Å². The van der Waals surface area contributed by atoms with Gasteiger partial charge in [0.15, 0.2) is 0 Å². The molecular formula is C12H25NS2Zn. The minimum absolute atomic E-state index is 0. The van der Waals surface area contributed by atoms with Gasteiger partial charge in [0.1, 0.15) is 0 Å². The fraction of sp³-hybridized carbons (Fsp3) is 0.833. The molecular weight excluding hydrogens is 288 g/mol. The number of thiocarbonyl (C=S) groups is 1. The van der Waals surface area contributed by atoms with Crippen molar-refractivity contribution >= 4 is 29.2 Å². The maximum absolute atomic E-state index is 4.66. The molecule has 0 unspecified atom stereocenters. The summed E-state index contributed by atoms with van der Waals surface area (Å²) >= 11 is 8.26. The molecule has 0 fully saturated rings. The summed E-state index contributed by atoms with van der Waals surface area (Å²) in [6.45, 7) is 6.10. The van der Waals surface area contributed by atoms with Crippen LogP contribution >= 0.6 is 12.2 Å². The molecule has 0 aliphatic rings. The van der Waals surface area contributed by atoms with Gasteiger partial charge in [-0.05, 0) is 0 Å². The molecule has 0 bridgehead atoms. The molecule has 0 aliphatic carbocycles. The Morgan fingerprint density at radius 2 is 1.38 bits per heavy atom. The Morgan fingerprint density at radius 3 is 1.69 bits per heavy atom. The van der Waals surface area contributed by atoms with Gasteiger partial charge in [0.05, 0.1) is 0 Å². The van der Waals surface area contributed by atoms with Crippen LogP contribution in [0, 0.1) is 6.92 Å². The summed E-state index contributed by atoms with van der Waals surface area (Å²) in [4.78, 5) is 0. The van der Waals surface area contributed by atoms with E-state index in [1.807, 2.05) is 0 Å². The Bertz CT molecular complexity index is 120. The average Bonchev–Trinajstić information content (AvgIpc) is 2.16. The molecule has 16 heavy (non-hydrogen) atoms. The van der Waals surface area contributed by atoms with Crippen molar-refractivity contribution in [2.45, 2.75) is 64.7 Å². The van der Waals surface area contributed by atoms with Crippen molar-refractivity contribution in [3.05, 3.63) is 6.92 Å². The van der Waals surface area contributed by atoms with Crippen LogP contribution in [0.4, 0.5) is 0 Å². The van der Waals surface area contributed by atoms with E-state index in [1.54, 1.807) is 0 Å². The van der Waals surface area contributed by atoms with Crippen LogP contribution in [0.3, 0.4) is 0 Å². The van der Waals surface area contributed by atoms with Crippen molar-refractivity contribution in [2.75, 3.05) is 0 Å². The van der Waals surface area contributed by atoms with E-state index in [0.29, 0.717) is 0 Å². The molecule has 0 rings (SSSR count). The summed E-state index contributed by atoms with van der Waals surface area (Å²) in [5.74, 6) is 0. The molecule has 0 aromatic heterocycles. The number of unbranched alkanes of at least 4 members (excludes halogenated alkanes) is 8. The van der Waals surface area contributed by atoms with E-state index < -0.39 is 0 Å². The van der Waals surface area contributed by atoms with Gasteiger partial charge < -0.3 is 37.5 Å². The summed E-state index contributed by atoms with van der Waals surface area (Å²) in [7, 11) is 0. The third kappa shape index (κ3) is 36.4. The van der Waals surface area contributed by atoms with Crippen LogP contribution in [-0.2, 0) is 32.1 Å². The molecule has 2 N–H and O–H groups in total. The SMILES string of the molecule is NC(=S)[S-].[CH2-]CCCCCCCCCC.[Zn+2]. The first-order chi connectivity index (χ1) is 7.15. The van der Waals surface area contributed by atoms with Crippen molar-refractivity contribution in [1.29, 1.82) is 0 Å². The van der Waals surface area contributed by atoms with Crippen molar-refractivity contribution in [3.8, 4) is 0 Å². The Balaban J connectivity index is -0.000000292. The van der Waals surface area contributed by atoms with Gasteiger partial charge in [-0.15, -0.1) is 0 Å².